The fourth-order valence-electron chi connectivity index (χ4n) is 2.07. The van der Waals surface area contributed by atoms with Gasteiger partial charge in [0, 0.05) is 19.6 Å². The maximum atomic E-state index is 5.46. The van der Waals surface area contributed by atoms with Gasteiger partial charge in [0.25, 0.3) is 0 Å². The van der Waals surface area contributed by atoms with Crippen molar-refractivity contribution in [2.75, 3.05) is 40.5 Å². The summed E-state index contributed by atoms with van der Waals surface area (Å²) in [5.41, 5.74) is -0.0283. The molecule has 2 heterocycles. The summed E-state index contributed by atoms with van der Waals surface area (Å²) < 4.78 is 0. The Morgan fingerprint density at radius 2 is 1.77 bits per heavy atom. The van der Waals surface area contributed by atoms with Crippen LogP contribution in [0, 0.1) is 0 Å². The highest BCUT2D eigenvalue weighted by Crippen LogP contribution is 2.29. The maximum absolute atomic E-state index is 5.46. The van der Waals surface area contributed by atoms with Gasteiger partial charge >= 0.3 is 0 Å². The minimum Gasteiger partial charge on any atom is -0.306 e. The van der Waals surface area contributed by atoms with Gasteiger partial charge in [-0.3, -0.25) is 4.90 Å². The number of hydrogen-bond acceptors (Lipinski definition) is 4. The van der Waals surface area contributed by atoms with Gasteiger partial charge < -0.3 is 4.90 Å². The Hall–Kier alpha value is -0.160. The molecule has 0 aliphatic carbocycles. The Morgan fingerprint density at radius 1 is 1.08 bits per heavy atom. The van der Waals surface area contributed by atoms with Gasteiger partial charge in [0.05, 0.1) is 0 Å². The summed E-state index contributed by atoms with van der Waals surface area (Å²) in [5, 5.41) is 0. The second kappa shape index (κ2) is 3.53. The molecule has 2 aliphatic heterocycles. The first-order valence-electron chi connectivity index (χ1n) is 4.88. The lowest BCUT2D eigenvalue weighted by atomic mass is 9.91. The lowest BCUT2D eigenvalue weighted by Gasteiger charge is -2.44. The van der Waals surface area contributed by atoms with E-state index in [4.69, 9.17) is 9.78 Å². The molecule has 2 saturated heterocycles. The SMILES string of the molecule is CN1CCC2(CC1)CN(C)COO2. The van der Waals surface area contributed by atoms with Crippen LogP contribution in [-0.4, -0.2) is 55.9 Å². The van der Waals surface area contributed by atoms with E-state index in [0.717, 1.165) is 32.5 Å². The number of likely N-dealkylation sites (tertiary alicyclic amines) is 1. The summed E-state index contributed by atoms with van der Waals surface area (Å²) in [7, 11) is 4.23. The second-order valence-electron chi connectivity index (χ2n) is 4.33. The van der Waals surface area contributed by atoms with Crippen LogP contribution in [0.25, 0.3) is 0 Å². The third-order valence-corrected chi connectivity index (χ3v) is 2.97. The van der Waals surface area contributed by atoms with Crippen LogP contribution in [0.1, 0.15) is 12.8 Å². The molecule has 0 aromatic heterocycles. The third kappa shape index (κ3) is 2.02. The van der Waals surface area contributed by atoms with Crippen LogP contribution in [0.2, 0.25) is 0 Å². The Kier molecular flexibility index (Phi) is 2.55. The van der Waals surface area contributed by atoms with Gasteiger partial charge in [0.1, 0.15) is 12.3 Å². The smallest absolute Gasteiger partial charge is 0.135 e. The van der Waals surface area contributed by atoms with E-state index in [9.17, 15) is 0 Å². The van der Waals surface area contributed by atoms with Crippen molar-refractivity contribution in [2.24, 2.45) is 0 Å². The zero-order valence-corrected chi connectivity index (χ0v) is 8.45. The molecule has 0 aromatic carbocycles. The quantitative estimate of drug-likeness (QED) is 0.508. The van der Waals surface area contributed by atoms with Gasteiger partial charge in [-0.2, -0.15) is 0 Å². The van der Waals surface area contributed by atoms with Crippen molar-refractivity contribution in [1.29, 1.82) is 0 Å². The van der Waals surface area contributed by atoms with Crippen LogP contribution in [0.3, 0.4) is 0 Å². The molecule has 13 heavy (non-hydrogen) atoms. The van der Waals surface area contributed by atoms with Gasteiger partial charge in [-0.1, -0.05) is 0 Å². The summed E-state index contributed by atoms with van der Waals surface area (Å²) in [4.78, 5) is 15.1. The Bertz CT molecular complexity index is 178. The van der Waals surface area contributed by atoms with E-state index in [0.29, 0.717) is 6.73 Å². The molecule has 0 unspecified atom stereocenters. The Labute approximate surface area is 79.3 Å². The molecular weight excluding hydrogens is 168 g/mol. The van der Waals surface area contributed by atoms with Crippen molar-refractivity contribution in [2.45, 2.75) is 18.4 Å². The van der Waals surface area contributed by atoms with Gasteiger partial charge in [-0.05, 0) is 26.9 Å². The van der Waals surface area contributed by atoms with E-state index >= 15 is 0 Å². The lowest BCUT2D eigenvalue weighted by molar-refractivity contribution is -0.412. The summed E-state index contributed by atoms with van der Waals surface area (Å²) >= 11 is 0. The number of likely N-dealkylation sites (N-methyl/N-ethyl adjacent to an activating group) is 1. The molecular formula is C9H18N2O2. The molecule has 0 saturated carbocycles. The number of nitrogens with zero attached hydrogens (tertiary/aromatic N) is 2. The number of hydrogen-bond donors (Lipinski definition) is 0. The van der Waals surface area contributed by atoms with E-state index < -0.39 is 0 Å². The van der Waals surface area contributed by atoms with Gasteiger partial charge in [0.15, 0.2) is 0 Å². The summed E-state index contributed by atoms with van der Waals surface area (Å²) in [6.45, 7) is 3.81. The highest BCUT2D eigenvalue weighted by atomic mass is 17.2. The molecule has 1 spiro atoms. The van der Waals surface area contributed by atoms with E-state index in [1.807, 2.05) is 0 Å². The van der Waals surface area contributed by atoms with Crippen LogP contribution in [0.5, 0.6) is 0 Å². The topological polar surface area (TPSA) is 24.9 Å². The third-order valence-electron chi connectivity index (χ3n) is 2.97. The second-order valence-corrected chi connectivity index (χ2v) is 4.33. The molecule has 2 rings (SSSR count). The molecule has 0 N–H and O–H groups in total. The Balaban J connectivity index is 1.95. The molecule has 0 aromatic rings. The van der Waals surface area contributed by atoms with E-state index in [2.05, 4.69) is 23.9 Å². The largest absolute Gasteiger partial charge is 0.306 e. The van der Waals surface area contributed by atoms with E-state index in [-0.39, 0.29) is 5.60 Å². The molecule has 2 aliphatic rings. The lowest BCUT2D eigenvalue weighted by Crippen LogP contribution is -2.54. The van der Waals surface area contributed by atoms with Gasteiger partial charge in [-0.15, -0.1) is 0 Å². The van der Waals surface area contributed by atoms with Crippen LogP contribution >= 0.6 is 0 Å². The first-order chi connectivity index (χ1) is 6.20. The predicted molar refractivity (Wildman–Crippen MR) is 49.1 cm³/mol. The molecule has 0 radical (unpaired) electrons. The van der Waals surface area contributed by atoms with Gasteiger partial charge in [0.2, 0.25) is 0 Å². The average Bonchev–Trinajstić information content (AvgIpc) is 2.11. The number of piperidine rings is 1. The minimum absolute atomic E-state index is 0.0283. The van der Waals surface area contributed by atoms with E-state index in [1.165, 1.54) is 0 Å². The standard InChI is InChI=1S/C9H18N2O2/c1-10-5-3-9(4-6-10)7-11(2)8-12-13-9/h3-8H2,1-2H3. The molecule has 4 nitrogen and oxygen atoms in total. The average molecular weight is 186 g/mol. The fourth-order valence-corrected chi connectivity index (χ4v) is 2.07. The van der Waals surface area contributed by atoms with Crippen molar-refractivity contribution in [1.82, 2.24) is 9.80 Å². The van der Waals surface area contributed by atoms with Gasteiger partial charge in [-0.25, -0.2) is 9.78 Å². The molecule has 2 fully saturated rings. The van der Waals surface area contributed by atoms with Crippen molar-refractivity contribution in [3.8, 4) is 0 Å². The van der Waals surface area contributed by atoms with Crippen LogP contribution < -0.4 is 0 Å². The van der Waals surface area contributed by atoms with Crippen LogP contribution in [-0.2, 0) is 9.78 Å². The molecule has 0 amide bonds. The zero-order valence-electron chi connectivity index (χ0n) is 8.45. The zero-order chi connectivity index (χ0) is 9.31. The molecule has 76 valence electrons. The monoisotopic (exact) mass is 186 g/mol. The molecule has 4 heteroatoms. The summed E-state index contributed by atoms with van der Waals surface area (Å²) in [6.07, 6.45) is 2.15. The highest BCUT2D eigenvalue weighted by Gasteiger charge is 2.39. The first-order valence-corrected chi connectivity index (χ1v) is 4.88. The fraction of sp³-hybridized carbons (Fsp3) is 1.00. The van der Waals surface area contributed by atoms with E-state index in [1.54, 1.807) is 0 Å². The van der Waals surface area contributed by atoms with Crippen LogP contribution in [0.4, 0.5) is 0 Å². The highest BCUT2D eigenvalue weighted by molar-refractivity contribution is 4.89. The molecule has 0 atom stereocenters. The van der Waals surface area contributed by atoms with Crippen molar-refractivity contribution >= 4 is 0 Å². The predicted octanol–water partition coefficient (Wildman–Crippen LogP) is 0.302. The van der Waals surface area contributed by atoms with Crippen LogP contribution in [0.15, 0.2) is 0 Å². The van der Waals surface area contributed by atoms with Crippen molar-refractivity contribution in [3.05, 3.63) is 0 Å². The van der Waals surface area contributed by atoms with Crippen molar-refractivity contribution in [3.63, 3.8) is 0 Å². The summed E-state index contributed by atoms with van der Waals surface area (Å²) in [5.74, 6) is 0. The normalized spacial score (nSPS) is 30.9. The summed E-state index contributed by atoms with van der Waals surface area (Å²) in [6, 6.07) is 0. The first kappa shape index (κ1) is 9.40. The molecule has 0 bridgehead atoms. The Morgan fingerprint density at radius 3 is 2.38 bits per heavy atom. The maximum Gasteiger partial charge on any atom is 0.135 e. The number of rotatable bonds is 0. The van der Waals surface area contributed by atoms with Crippen molar-refractivity contribution < 1.29 is 9.78 Å². The minimum atomic E-state index is -0.0283.